The van der Waals surface area contributed by atoms with Crippen molar-refractivity contribution < 1.29 is 4.74 Å². The average Bonchev–Trinajstić information content (AvgIpc) is 2.67. The molecule has 1 aliphatic carbocycles. The molecule has 2 N–H and O–H groups in total. The highest BCUT2D eigenvalue weighted by Crippen LogP contribution is 2.42. The lowest BCUT2D eigenvalue weighted by Gasteiger charge is -2.40. The molecule has 0 aromatic rings. The predicted molar refractivity (Wildman–Crippen MR) is 62.7 cm³/mol. The lowest BCUT2D eigenvalue weighted by atomic mass is 9.80. The van der Waals surface area contributed by atoms with Crippen LogP contribution in [0.5, 0.6) is 0 Å². The molecule has 0 amide bonds. The zero-order valence-corrected chi connectivity index (χ0v) is 9.58. The summed E-state index contributed by atoms with van der Waals surface area (Å²) in [6, 6.07) is 0.295. The van der Waals surface area contributed by atoms with Crippen LogP contribution in [0.3, 0.4) is 0 Å². The van der Waals surface area contributed by atoms with Gasteiger partial charge in [0.25, 0.3) is 0 Å². The van der Waals surface area contributed by atoms with Crippen LogP contribution in [0.2, 0.25) is 0 Å². The molecule has 2 fully saturated rings. The largest absolute Gasteiger partial charge is 0.375 e. The average molecular weight is 209 g/mol. The summed E-state index contributed by atoms with van der Waals surface area (Å²) in [6.45, 7) is 4.69. The first-order valence-electron chi connectivity index (χ1n) is 6.26. The summed E-state index contributed by atoms with van der Waals surface area (Å²) in [7, 11) is 0. The Bertz CT molecular complexity index is 221. The van der Waals surface area contributed by atoms with Gasteiger partial charge in [-0.15, -0.1) is 6.58 Å². The van der Waals surface area contributed by atoms with E-state index in [2.05, 4.69) is 6.58 Å². The summed E-state index contributed by atoms with van der Waals surface area (Å²) >= 11 is 0. The molecule has 0 aromatic heterocycles. The Balaban J connectivity index is 1.94. The lowest BCUT2D eigenvalue weighted by Crippen LogP contribution is -2.43. The van der Waals surface area contributed by atoms with Crippen molar-refractivity contribution in [3.8, 4) is 0 Å². The van der Waals surface area contributed by atoms with Crippen molar-refractivity contribution in [2.24, 2.45) is 11.7 Å². The Labute approximate surface area is 92.9 Å². The number of hydrogen-bond donors (Lipinski definition) is 1. The molecule has 1 aliphatic heterocycles. The molecule has 1 heterocycles. The second-order valence-corrected chi connectivity index (χ2v) is 5.18. The molecular formula is C13H23NO. The summed E-state index contributed by atoms with van der Waals surface area (Å²) in [5.41, 5.74) is 6.39. The van der Waals surface area contributed by atoms with Gasteiger partial charge in [-0.2, -0.15) is 0 Å². The first-order valence-corrected chi connectivity index (χ1v) is 6.26. The Morgan fingerprint density at radius 2 is 2.20 bits per heavy atom. The Morgan fingerprint density at radius 1 is 1.47 bits per heavy atom. The first kappa shape index (κ1) is 11.2. The molecule has 2 unspecified atom stereocenters. The third-order valence-corrected chi connectivity index (χ3v) is 4.09. The van der Waals surface area contributed by atoms with E-state index in [9.17, 15) is 0 Å². The van der Waals surface area contributed by atoms with Crippen LogP contribution < -0.4 is 5.73 Å². The second-order valence-electron chi connectivity index (χ2n) is 5.18. The summed E-state index contributed by atoms with van der Waals surface area (Å²) in [4.78, 5) is 0. The maximum atomic E-state index is 6.18. The van der Waals surface area contributed by atoms with Crippen LogP contribution in [0.15, 0.2) is 12.7 Å². The van der Waals surface area contributed by atoms with Crippen molar-refractivity contribution in [1.29, 1.82) is 0 Å². The smallest absolute Gasteiger partial charge is 0.0685 e. The van der Waals surface area contributed by atoms with Gasteiger partial charge in [-0.3, -0.25) is 0 Å². The lowest BCUT2D eigenvalue weighted by molar-refractivity contribution is -0.0959. The van der Waals surface area contributed by atoms with Crippen molar-refractivity contribution >= 4 is 0 Å². The second kappa shape index (κ2) is 4.67. The van der Waals surface area contributed by atoms with Gasteiger partial charge in [0.1, 0.15) is 0 Å². The van der Waals surface area contributed by atoms with Crippen LogP contribution in [0.1, 0.15) is 44.9 Å². The molecule has 86 valence electrons. The van der Waals surface area contributed by atoms with Crippen LogP contribution in [0.25, 0.3) is 0 Å². The number of nitrogens with two attached hydrogens (primary N) is 1. The third kappa shape index (κ3) is 2.43. The molecule has 1 saturated carbocycles. The molecule has 0 bridgehead atoms. The SMILES string of the molecule is C=CCC(N)C1CCOC2(CCCC2)C1. The maximum absolute atomic E-state index is 6.18. The Hall–Kier alpha value is -0.340. The number of hydrogen-bond acceptors (Lipinski definition) is 2. The molecule has 2 atom stereocenters. The van der Waals surface area contributed by atoms with Crippen LogP contribution in [-0.4, -0.2) is 18.2 Å². The van der Waals surface area contributed by atoms with E-state index in [1.54, 1.807) is 0 Å². The molecule has 1 spiro atoms. The van der Waals surface area contributed by atoms with Gasteiger partial charge in [0, 0.05) is 12.6 Å². The fourth-order valence-corrected chi connectivity index (χ4v) is 3.18. The zero-order valence-electron chi connectivity index (χ0n) is 9.58. The predicted octanol–water partition coefficient (Wildman–Crippen LogP) is 2.63. The highest BCUT2D eigenvalue weighted by atomic mass is 16.5. The van der Waals surface area contributed by atoms with E-state index in [1.165, 1.54) is 32.1 Å². The van der Waals surface area contributed by atoms with Crippen molar-refractivity contribution in [2.75, 3.05) is 6.61 Å². The van der Waals surface area contributed by atoms with Crippen molar-refractivity contribution in [1.82, 2.24) is 0 Å². The quantitative estimate of drug-likeness (QED) is 0.725. The van der Waals surface area contributed by atoms with E-state index in [0.29, 0.717) is 12.0 Å². The van der Waals surface area contributed by atoms with Crippen LogP contribution in [0.4, 0.5) is 0 Å². The standard InChI is InChI=1S/C13H23NO/c1-2-5-12(14)11-6-9-15-13(10-11)7-3-4-8-13/h2,11-12H,1,3-10,14H2. The molecule has 0 aromatic carbocycles. The van der Waals surface area contributed by atoms with Gasteiger partial charge in [-0.1, -0.05) is 18.9 Å². The summed E-state index contributed by atoms with van der Waals surface area (Å²) in [5, 5.41) is 0. The fourth-order valence-electron chi connectivity index (χ4n) is 3.18. The van der Waals surface area contributed by atoms with Gasteiger partial charge in [0.15, 0.2) is 0 Å². The minimum absolute atomic E-state index is 0.210. The first-order chi connectivity index (χ1) is 7.26. The number of ether oxygens (including phenoxy) is 1. The van der Waals surface area contributed by atoms with E-state index >= 15 is 0 Å². The summed E-state index contributed by atoms with van der Waals surface area (Å²) in [5.74, 6) is 0.648. The fraction of sp³-hybridized carbons (Fsp3) is 0.846. The molecule has 15 heavy (non-hydrogen) atoms. The maximum Gasteiger partial charge on any atom is 0.0685 e. The summed E-state index contributed by atoms with van der Waals surface area (Å²) in [6.07, 6.45) is 10.4. The van der Waals surface area contributed by atoms with E-state index < -0.39 is 0 Å². The molecule has 2 nitrogen and oxygen atoms in total. The van der Waals surface area contributed by atoms with Crippen LogP contribution >= 0.6 is 0 Å². The van der Waals surface area contributed by atoms with Gasteiger partial charge in [0.2, 0.25) is 0 Å². The van der Waals surface area contributed by atoms with Gasteiger partial charge in [-0.25, -0.2) is 0 Å². The Morgan fingerprint density at radius 3 is 2.87 bits per heavy atom. The highest BCUT2D eigenvalue weighted by Gasteiger charge is 2.40. The minimum Gasteiger partial charge on any atom is -0.375 e. The zero-order chi connectivity index (χ0) is 10.7. The molecule has 2 aliphatic rings. The van der Waals surface area contributed by atoms with Gasteiger partial charge < -0.3 is 10.5 Å². The van der Waals surface area contributed by atoms with Gasteiger partial charge in [-0.05, 0) is 38.0 Å². The van der Waals surface area contributed by atoms with Crippen molar-refractivity contribution in [3.05, 3.63) is 12.7 Å². The van der Waals surface area contributed by atoms with Crippen molar-refractivity contribution in [3.63, 3.8) is 0 Å². The summed E-state index contributed by atoms with van der Waals surface area (Å²) < 4.78 is 6.00. The number of rotatable bonds is 3. The van der Waals surface area contributed by atoms with E-state index in [1.807, 2.05) is 6.08 Å². The normalized spacial score (nSPS) is 31.7. The third-order valence-electron chi connectivity index (χ3n) is 4.09. The van der Waals surface area contributed by atoms with E-state index in [0.717, 1.165) is 19.4 Å². The van der Waals surface area contributed by atoms with E-state index in [-0.39, 0.29) is 5.60 Å². The Kier molecular flexibility index (Phi) is 3.47. The highest BCUT2D eigenvalue weighted by molar-refractivity contribution is 4.94. The molecule has 2 rings (SSSR count). The van der Waals surface area contributed by atoms with Crippen LogP contribution in [0, 0.1) is 5.92 Å². The topological polar surface area (TPSA) is 35.2 Å². The van der Waals surface area contributed by atoms with Gasteiger partial charge in [0.05, 0.1) is 5.60 Å². The molecule has 2 heteroatoms. The molecular weight excluding hydrogens is 186 g/mol. The van der Waals surface area contributed by atoms with Gasteiger partial charge >= 0.3 is 0 Å². The molecule has 1 saturated heterocycles. The monoisotopic (exact) mass is 209 g/mol. The minimum atomic E-state index is 0.210. The van der Waals surface area contributed by atoms with E-state index in [4.69, 9.17) is 10.5 Å². The van der Waals surface area contributed by atoms with Crippen LogP contribution in [-0.2, 0) is 4.74 Å². The molecule has 0 radical (unpaired) electrons. The van der Waals surface area contributed by atoms with Crippen molar-refractivity contribution in [2.45, 2.75) is 56.6 Å².